The van der Waals surface area contributed by atoms with E-state index < -0.39 is 65.0 Å². The van der Waals surface area contributed by atoms with Crippen LogP contribution in [0.2, 0.25) is 0 Å². The van der Waals surface area contributed by atoms with Crippen LogP contribution in [0, 0.1) is 0 Å². The zero-order chi connectivity index (χ0) is 69.3. The number of likely N-dealkylation sites (tertiary alicyclic amines) is 1. The standard InChI is InChI=1S/C62H107N9O22P2/c1-86-94(82,83)91-41-54-53(38-58(92-54)71-46-68-59-60(64)66-45-67-61(59)71)93-95(84,85)90-40-47-37-52(78)39-70(47)57(81)26-10-5-3-2-4-9-25-56(80)69-62(43-88-35-28-51(77)21-11-15-30-63,42-87-34-27-50(76)20-8-6-7-19-48(74)23-13-17-32-72)44-89-36-29-55(79)65-31-16-12-22-49(75)24-14-18-33-73/h45-47,52-54,58,72-73,78H,2-44,63H2,1H3,(H,65,79)(H,69,80)(H,82,83)(H,84,85)(H2,64,66,67)/t47-,52+,53-,54+,58+,62?/m0/s1. The molecule has 4 heterocycles. The van der Waals surface area contributed by atoms with E-state index in [1.165, 1.54) is 22.1 Å². The van der Waals surface area contributed by atoms with Gasteiger partial charge in [-0.2, -0.15) is 0 Å². The minimum Gasteiger partial charge on any atom is -0.396 e. The predicted octanol–water partition coefficient (Wildman–Crippen LogP) is 5.09. The van der Waals surface area contributed by atoms with Gasteiger partial charge in [0.1, 0.15) is 59.0 Å². The highest BCUT2D eigenvalue weighted by Gasteiger charge is 2.45. The number of β-amino-alcohol motifs (C(OH)–C–C–N with tert-alkyl or cyclic N) is 1. The van der Waals surface area contributed by atoms with Crippen LogP contribution in [0.3, 0.4) is 0 Å². The number of ketones is 4. The van der Waals surface area contributed by atoms with Gasteiger partial charge < -0.3 is 71.1 Å². The average Bonchev–Trinajstić information content (AvgIpc) is 1.64. The molecule has 2 aliphatic rings. The number of nitrogen functional groups attached to an aromatic ring is 1. The highest BCUT2D eigenvalue weighted by Crippen LogP contribution is 2.50. The van der Waals surface area contributed by atoms with Crippen molar-refractivity contribution in [3.63, 3.8) is 0 Å². The molecule has 0 saturated carbocycles. The fourth-order valence-corrected chi connectivity index (χ4v) is 12.4. The number of rotatable bonds is 58. The lowest BCUT2D eigenvalue weighted by Gasteiger charge is -2.34. The number of nitrogens with two attached hydrogens (primary N) is 2. The molecule has 31 nitrogen and oxygen atoms in total. The van der Waals surface area contributed by atoms with Crippen LogP contribution in [0.5, 0.6) is 0 Å². The summed E-state index contributed by atoms with van der Waals surface area (Å²) in [4.78, 5) is 125. The zero-order valence-electron chi connectivity index (χ0n) is 55.4. The lowest BCUT2D eigenvalue weighted by atomic mass is 10.0. The molecule has 8 atom stereocenters. The van der Waals surface area contributed by atoms with Crippen molar-refractivity contribution >= 4 is 73.5 Å². The average molecular weight is 1390 g/mol. The van der Waals surface area contributed by atoms with Crippen LogP contribution in [-0.4, -0.2) is 213 Å². The summed E-state index contributed by atoms with van der Waals surface area (Å²) < 4.78 is 72.0. The number of anilines is 1. The molecule has 0 radical (unpaired) electrons. The lowest BCUT2D eigenvalue weighted by molar-refractivity contribution is -0.133. The molecule has 0 aliphatic carbocycles. The van der Waals surface area contributed by atoms with E-state index in [0.29, 0.717) is 148 Å². The Hall–Kier alpha value is -4.66. The number of aliphatic hydroxyl groups excluding tert-OH is 3. The van der Waals surface area contributed by atoms with Crippen molar-refractivity contribution in [2.75, 3.05) is 98.5 Å². The smallest absolute Gasteiger partial charge is 0.396 e. The van der Waals surface area contributed by atoms with Crippen molar-refractivity contribution in [2.24, 2.45) is 5.73 Å². The first-order valence-electron chi connectivity index (χ1n) is 33.7. The molecule has 0 aromatic carbocycles. The molecule has 33 heteroatoms. The number of carbonyl (C=O) groups excluding carboxylic acids is 7. The molecule has 95 heavy (non-hydrogen) atoms. The number of hydrogen-bond donors (Lipinski definition) is 9. The molecule has 2 saturated heterocycles. The van der Waals surface area contributed by atoms with Gasteiger partial charge in [0.15, 0.2) is 11.5 Å². The predicted molar refractivity (Wildman–Crippen MR) is 347 cm³/mol. The maximum Gasteiger partial charge on any atom is 0.472 e. The third-order valence-corrected chi connectivity index (χ3v) is 18.2. The topological polar surface area (TPSA) is 452 Å². The van der Waals surface area contributed by atoms with Crippen LogP contribution < -0.4 is 22.1 Å². The highest BCUT2D eigenvalue weighted by atomic mass is 31.2. The fourth-order valence-electron chi connectivity index (χ4n) is 10.9. The van der Waals surface area contributed by atoms with Gasteiger partial charge in [-0.25, -0.2) is 24.1 Å². The molecule has 0 bridgehead atoms. The van der Waals surface area contributed by atoms with E-state index in [2.05, 4.69) is 30.1 Å². The second kappa shape index (κ2) is 46.6. The molecular weight excluding hydrogens is 1280 g/mol. The molecule has 11 N–H and O–H groups in total. The van der Waals surface area contributed by atoms with Crippen LogP contribution >= 0.6 is 15.6 Å². The summed E-state index contributed by atoms with van der Waals surface area (Å²) in [5, 5.41) is 34.5. The number of nitrogens with zero attached hydrogens (tertiary/aromatic N) is 5. The second-order valence-electron chi connectivity index (χ2n) is 24.4. The first-order valence-corrected chi connectivity index (χ1v) is 36.7. The minimum atomic E-state index is -4.93. The number of nitrogens with one attached hydrogen (secondary N) is 2. The van der Waals surface area contributed by atoms with Crippen LogP contribution in [-0.2, 0) is 79.7 Å². The maximum atomic E-state index is 13.9. The molecule has 0 spiro atoms. The molecule has 2 fully saturated rings. The Kier molecular flexibility index (Phi) is 40.6. The van der Waals surface area contributed by atoms with Crippen LogP contribution in [0.1, 0.15) is 199 Å². The molecule has 3 amide bonds. The third kappa shape index (κ3) is 34.1. The molecule has 542 valence electrons. The van der Waals surface area contributed by atoms with Gasteiger partial charge in [0.05, 0.1) is 71.3 Å². The quantitative estimate of drug-likeness (QED) is 0.0308. The molecule has 2 aliphatic heterocycles. The number of carbonyl (C=O) groups is 7. The minimum absolute atomic E-state index is 0.00102. The van der Waals surface area contributed by atoms with E-state index in [-0.39, 0.29) is 162 Å². The van der Waals surface area contributed by atoms with Gasteiger partial charge in [0, 0.05) is 110 Å². The van der Waals surface area contributed by atoms with Crippen molar-refractivity contribution < 1.29 is 105 Å². The number of aromatic nitrogens is 4. The number of amides is 3. The number of Topliss-reactive ketones (excluding diaryl/α,β-unsaturated/α-hetero) is 4. The van der Waals surface area contributed by atoms with Gasteiger partial charge in [0.2, 0.25) is 17.7 Å². The second-order valence-corrected chi connectivity index (χ2v) is 27.3. The van der Waals surface area contributed by atoms with Crippen molar-refractivity contribution in [2.45, 2.75) is 229 Å². The molecule has 3 unspecified atom stereocenters. The summed E-state index contributed by atoms with van der Waals surface area (Å²) in [5.41, 5.74) is 10.8. The Bertz CT molecular complexity index is 2660. The number of phosphoric ester groups is 2. The highest BCUT2D eigenvalue weighted by molar-refractivity contribution is 7.47. The van der Waals surface area contributed by atoms with Crippen molar-refractivity contribution in [1.82, 2.24) is 35.1 Å². The lowest BCUT2D eigenvalue weighted by Crippen LogP contribution is -2.58. The third-order valence-electron chi connectivity index (χ3n) is 16.3. The molecule has 4 rings (SSSR count). The Balaban J connectivity index is 1.28. The van der Waals surface area contributed by atoms with Gasteiger partial charge in [-0.15, -0.1) is 0 Å². The summed E-state index contributed by atoms with van der Waals surface area (Å²) in [7, 11) is -8.48. The van der Waals surface area contributed by atoms with E-state index in [9.17, 15) is 57.6 Å². The SMILES string of the molecule is COP(=O)(O)OC[C@H]1O[C@@H](n2cnc3c(N)ncnc32)C[C@@H]1OP(=O)(O)OC[C@@H]1C[C@@H](O)CN1C(=O)CCCCCCCCC(=O)NC(COCCC(=O)CCCCN)(COCCC(=O)CCCCCC(=O)CCCCO)COCCC(=O)NCCCCC(=O)CCCCO. The number of hydrogen-bond acceptors (Lipinski definition) is 25. The fraction of sp³-hybridized carbons (Fsp3) is 0.806. The van der Waals surface area contributed by atoms with Gasteiger partial charge in [-0.05, 0) is 90.0 Å². The van der Waals surface area contributed by atoms with E-state index >= 15 is 0 Å². The summed E-state index contributed by atoms with van der Waals surface area (Å²) in [5.74, 6) is -0.535. The Labute approximate surface area is 557 Å². The Morgan fingerprint density at radius 1 is 0.632 bits per heavy atom. The van der Waals surface area contributed by atoms with Crippen LogP contribution in [0.15, 0.2) is 12.7 Å². The summed E-state index contributed by atoms with van der Waals surface area (Å²) in [6.45, 7) is -0.436. The monoisotopic (exact) mass is 1390 g/mol. The van der Waals surface area contributed by atoms with Crippen molar-refractivity contribution in [3.8, 4) is 0 Å². The summed E-state index contributed by atoms with van der Waals surface area (Å²) in [6.07, 6.45) is 12.0. The number of unbranched alkanes of at least 4 members (excludes halogenated alkanes) is 11. The summed E-state index contributed by atoms with van der Waals surface area (Å²) >= 11 is 0. The largest absolute Gasteiger partial charge is 0.472 e. The van der Waals surface area contributed by atoms with E-state index in [4.69, 9.17) is 54.2 Å². The first-order chi connectivity index (χ1) is 45.6. The number of phosphoric acid groups is 2. The number of aliphatic hydroxyl groups is 3. The Morgan fingerprint density at radius 2 is 1.15 bits per heavy atom. The van der Waals surface area contributed by atoms with Crippen LogP contribution in [0.25, 0.3) is 11.2 Å². The molecule has 2 aromatic rings. The molecule has 2 aromatic heterocycles. The number of imidazole rings is 1. The maximum absolute atomic E-state index is 13.9. The summed E-state index contributed by atoms with van der Waals surface area (Å²) in [6, 6.07) is -0.770. The van der Waals surface area contributed by atoms with Crippen LogP contribution in [0.4, 0.5) is 5.82 Å². The Morgan fingerprint density at radius 3 is 1.74 bits per heavy atom. The zero-order valence-corrected chi connectivity index (χ0v) is 57.2. The van der Waals surface area contributed by atoms with E-state index in [0.717, 1.165) is 20.0 Å². The van der Waals surface area contributed by atoms with Crippen molar-refractivity contribution in [3.05, 3.63) is 12.7 Å². The first kappa shape index (κ1) is 82.8. The van der Waals surface area contributed by atoms with Gasteiger partial charge >= 0.3 is 15.6 Å². The van der Waals surface area contributed by atoms with Gasteiger partial charge in [0.25, 0.3) is 0 Å². The van der Waals surface area contributed by atoms with Gasteiger partial charge in [-0.3, -0.25) is 56.2 Å². The number of fused-ring (bicyclic) bond motifs is 1. The molecular formula is C62H107N9O22P2. The van der Waals surface area contributed by atoms with E-state index in [1.54, 1.807) is 0 Å². The normalized spacial score (nSPS) is 19.1. The van der Waals surface area contributed by atoms with Gasteiger partial charge in [-0.1, -0.05) is 32.1 Å². The van der Waals surface area contributed by atoms with Crippen molar-refractivity contribution in [1.29, 1.82) is 0 Å². The van der Waals surface area contributed by atoms with E-state index in [1.807, 2.05) is 0 Å². The number of ether oxygens (including phenoxy) is 4.